The number of nitrogens with zero attached hydrogens (tertiary/aromatic N) is 3. The van der Waals surface area contributed by atoms with Crippen molar-refractivity contribution in [3.8, 4) is 17.6 Å². The molecule has 0 radical (unpaired) electrons. The SMILES string of the molecule is CCCC#Cc1ccc2c(c1)O[C@H](CN(C)Cc1cccnc1)[C@H](C)CN([C@@H](C)CO)S2(=O)=O. The summed E-state index contributed by atoms with van der Waals surface area (Å²) in [6.45, 7) is 7.08. The number of sulfonamides is 1. The molecule has 2 aromatic rings. The molecule has 0 amide bonds. The van der Waals surface area contributed by atoms with Crippen LogP contribution in [-0.2, 0) is 16.6 Å². The minimum atomic E-state index is -3.85. The molecule has 0 aliphatic carbocycles. The Morgan fingerprint density at radius 3 is 2.82 bits per heavy atom. The second-order valence-electron chi connectivity index (χ2n) is 9.01. The maximum Gasteiger partial charge on any atom is 0.247 e. The maximum atomic E-state index is 13.5. The molecule has 3 rings (SSSR count). The van der Waals surface area contributed by atoms with E-state index in [2.05, 4.69) is 28.6 Å². The highest BCUT2D eigenvalue weighted by molar-refractivity contribution is 7.89. The molecular formula is C26H35N3O4S. The molecule has 0 bridgehead atoms. The van der Waals surface area contributed by atoms with Crippen LogP contribution in [0.2, 0.25) is 0 Å². The number of ether oxygens (including phenoxy) is 1. The van der Waals surface area contributed by atoms with Crippen molar-refractivity contribution < 1.29 is 18.3 Å². The lowest BCUT2D eigenvalue weighted by molar-refractivity contribution is 0.0733. The average Bonchev–Trinajstić information content (AvgIpc) is 2.81. The van der Waals surface area contributed by atoms with E-state index >= 15 is 0 Å². The third-order valence-electron chi connectivity index (χ3n) is 5.94. The van der Waals surface area contributed by atoms with E-state index < -0.39 is 16.1 Å². The summed E-state index contributed by atoms with van der Waals surface area (Å²) >= 11 is 0. The number of aromatic nitrogens is 1. The zero-order valence-electron chi connectivity index (χ0n) is 20.4. The van der Waals surface area contributed by atoms with Crippen molar-refractivity contribution in [2.24, 2.45) is 5.92 Å². The molecule has 1 aliphatic rings. The van der Waals surface area contributed by atoms with E-state index in [1.807, 2.05) is 32.3 Å². The lowest BCUT2D eigenvalue weighted by Gasteiger charge is -2.37. The fraction of sp³-hybridized carbons (Fsp3) is 0.500. The van der Waals surface area contributed by atoms with Gasteiger partial charge in [0.05, 0.1) is 6.61 Å². The highest BCUT2D eigenvalue weighted by Crippen LogP contribution is 2.34. The number of likely N-dealkylation sites (N-methyl/N-ethyl adjacent to an activating group) is 1. The van der Waals surface area contributed by atoms with Crippen LogP contribution in [0.4, 0.5) is 0 Å². The van der Waals surface area contributed by atoms with Gasteiger partial charge in [-0.25, -0.2) is 8.42 Å². The van der Waals surface area contributed by atoms with E-state index in [9.17, 15) is 13.5 Å². The molecule has 2 heterocycles. The molecule has 7 nitrogen and oxygen atoms in total. The molecule has 184 valence electrons. The predicted molar refractivity (Wildman–Crippen MR) is 133 cm³/mol. The molecule has 0 fully saturated rings. The average molecular weight is 486 g/mol. The summed E-state index contributed by atoms with van der Waals surface area (Å²) in [7, 11) is -1.84. The number of rotatable bonds is 7. The first-order valence-corrected chi connectivity index (χ1v) is 13.2. The highest BCUT2D eigenvalue weighted by atomic mass is 32.2. The van der Waals surface area contributed by atoms with Crippen molar-refractivity contribution in [2.75, 3.05) is 26.7 Å². The predicted octanol–water partition coefficient (Wildman–Crippen LogP) is 3.13. The van der Waals surface area contributed by atoms with E-state index in [0.717, 1.165) is 24.0 Å². The Kier molecular flexibility index (Phi) is 9.09. The first-order valence-electron chi connectivity index (χ1n) is 11.8. The van der Waals surface area contributed by atoms with E-state index in [0.29, 0.717) is 18.8 Å². The Morgan fingerprint density at radius 2 is 2.15 bits per heavy atom. The number of fused-ring (bicyclic) bond motifs is 1. The number of aliphatic hydroxyl groups excluding tert-OH is 1. The van der Waals surface area contributed by atoms with Crippen molar-refractivity contribution >= 4 is 10.0 Å². The van der Waals surface area contributed by atoms with Crippen molar-refractivity contribution in [3.05, 3.63) is 53.9 Å². The number of hydrogen-bond donors (Lipinski definition) is 1. The van der Waals surface area contributed by atoms with Crippen LogP contribution in [0, 0.1) is 17.8 Å². The molecule has 0 saturated heterocycles. The van der Waals surface area contributed by atoms with Gasteiger partial charge in [-0.05, 0) is 50.2 Å². The lowest BCUT2D eigenvalue weighted by atomic mass is 10.0. The Bertz CT molecular complexity index is 1110. The van der Waals surface area contributed by atoms with Gasteiger partial charge >= 0.3 is 0 Å². The topological polar surface area (TPSA) is 83.0 Å². The standard InChI is InChI=1S/C26H35N3O4S/c1-5-6-7-9-22-11-12-26-24(14-22)33-25(18-28(4)17-23-10-8-13-27-15-23)20(2)16-29(21(3)19-30)34(26,31)32/h8,10-15,20-21,25,30H,5-6,16-19H2,1-4H3/t20-,21+,25-/m1/s1. The number of benzene rings is 1. The van der Waals surface area contributed by atoms with Crippen LogP contribution in [0.1, 0.15) is 44.7 Å². The third-order valence-corrected chi connectivity index (χ3v) is 7.96. The summed E-state index contributed by atoms with van der Waals surface area (Å²) in [5.41, 5.74) is 1.82. The smallest absolute Gasteiger partial charge is 0.247 e. The molecule has 0 saturated carbocycles. The van der Waals surface area contributed by atoms with E-state index in [-0.39, 0.29) is 30.1 Å². The minimum absolute atomic E-state index is 0.108. The zero-order chi connectivity index (χ0) is 24.7. The summed E-state index contributed by atoms with van der Waals surface area (Å²) < 4.78 is 34.9. The summed E-state index contributed by atoms with van der Waals surface area (Å²) in [6.07, 6.45) is 5.06. The van der Waals surface area contributed by atoms with Gasteiger partial charge in [-0.2, -0.15) is 4.31 Å². The monoisotopic (exact) mass is 485 g/mol. The summed E-state index contributed by atoms with van der Waals surface area (Å²) in [5, 5.41) is 9.79. The van der Waals surface area contributed by atoms with Gasteiger partial charge in [-0.1, -0.05) is 31.8 Å². The molecule has 1 aliphatic heterocycles. The van der Waals surface area contributed by atoms with Crippen molar-refractivity contribution in [3.63, 3.8) is 0 Å². The third kappa shape index (κ3) is 6.36. The Labute approximate surface area is 203 Å². The first-order chi connectivity index (χ1) is 16.3. The van der Waals surface area contributed by atoms with Gasteiger partial charge in [0.1, 0.15) is 16.7 Å². The number of hydrogen-bond acceptors (Lipinski definition) is 6. The second kappa shape index (κ2) is 11.8. The fourth-order valence-corrected chi connectivity index (χ4v) is 5.81. The second-order valence-corrected chi connectivity index (χ2v) is 10.9. The molecule has 1 aromatic carbocycles. The van der Waals surface area contributed by atoms with Crippen molar-refractivity contribution in [1.29, 1.82) is 0 Å². The van der Waals surface area contributed by atoms with Gasteiger partial charge in [0, 0.05) is 56.0 Å². The van der Waals surface area contributed by atoms with Crippen molar-refractivity contribution in [2.45, 2.75) is 57.2 Å². The van der Waals surface area contributed by atoms with Gasteiger partial charge in [0.2, 0.25) is 10.0 Å². The van der Waals surface area contributed by atoms with Crippen LogP contribution >= 0.6 is 0 Å². The molecule has 34 heavy (non-hydrogen) atoms. The molecular weight excluding hydrogens is 450 g/mol. The molecule has 1 aromatic heterocycles. The summed E-state index contributed by atoms with van der Waals surface area (Å²) in [6, 6.07) is 8.41. The quantitative estimate of drug-likeness (QED) is 0.607. The van der Waals surface area contributed by atoms with Gasteiger partial charge in [-0.15, -0.1) is 0 Å². The minimum Gasteiger partial charge on any atom is -0.487 e. The highest BCUT2D eigenvalue weighted by Gasteiger charge is 2.38. The molecule has 0 spiro atoms. The summed E-state index contributed by atoms with van der Waals surface area (Å²) in [4.78, 5) is 6.45. The molecule has 8 heteroatoms. The number of unbranched alkanes of at least 4 members (excludes halogenated alkanes) is 1. The van der Waals surface area contributed by atoms with E-state index in [1.165, 1.54) is 4.31 Å². The lowest BCUT2D eigenvalue weighted by Crippen LogP contribution is -2.49. The van der Waals surface area contributed by atoms with Crippen LogP contribution in [0.25, 0.3) is 0 Å². The van der Waals surface area contributed by atoms with Crippen LogP contribution < -0.4 is 4.74 Å². The normalized spacial score (nSPS) is 20.9. The van der Waals surface area contributed by atoms with Crippen LogP contribution in [0.3, 0.4) is 0 Å². The van der Waals surface area contributed by atoms with Gasteiger partial charge in [-0.3, -0.25) is 9.88 Å². The Balaban J connectivity index is 1.97. The van der Waals surface area contributed by atoms with Crippen LogP contribution in [0.15, 0.2) is 47.6 Å². The fourth-order valence-electron chi connectivity index (χ4n) is 3.99. The Morgan fingerprint density at radius 1 is 1.35 bits per heavy atom. The van der Waals surface area contributed by atoms with E-state index in [1.54, 1.807) is 31.3 Å². The van der Waals surface area contributed by atoms with Gasteiger partial charge < -0.3 is 9.84 Å². The van der Waals surface area contributed by atoms with Crippen LogP contribution in [-0.4, -0.2) is 66.6 Å². The number of aliphatic hydroxyl groups is 1. The van der Waals surface area contributed by atoms with Gasteiger partial charge in [0.25, 0.3) is 0 Å². The Hall–Kier alpha value is -2.44. The zero-order valence-corrected chi connectivity index (χ0v) is 21.3. The largest absolute Gasteiger partial charge is 0.487 e. The molecule has 1 N–H and O–H groups in total. The maximum absolute atomic E-state index is 13.5. The van der Waals surface area contributed by atoms with Gasteiger partial charge in [0.15, 0.2) is 0 Å². The first kappa shape index (κ1) is 26.2. The van der Waals surface area contributed by atoms with E-state index in [4.69, 9.17) is 4.74 Å². The van der Waals surface area contributed by atoms with Crippen LogP contribution in [0.5, 0.6) is 5.75 Å². The number of pyridine rings is 1. The molecule has 0 unspecified atom stereocenters. The van der Waals surface area contributed by atoms with Crippen molar-refractivity contribution in [1.82, 2.24) is 14.2 Å². The summed E-state index contributed by atoms with van der Waals surface area (Å²) in [5.74, 6) is 6.42. The molecule has 3 atom stereocenters.